The molecule has 10 heteroatoms. The summed E-state index contributed by atoms with van der Waals surface area (Å²) in [5.41, 5.74) is 8.74. The van der Waals surface area contributed by atoms with E-state index in [0.29, 0.717) is 23.6 Å². The molecular weight excluding hydrogens is 439 g/mol. The Hall–Kier alpha value is -3.36. The summed E-state index contributed by atoms with van der Waals surface area (Å²) >= 11 is 12.2. The Balaban J connectivity index is 1.59. The van der Waals surface area contributed by atoms with Crippen LogP contribution >= 0.6 is 23.2 Å². The van der Waals surface area contributed by atoms with Crippen molar-refractivity contribution in [2.24, 2.45) is 5.73 Å². The van der Waals surface area contributed by atoms with Gasteiger partial charge in [0.25, 0.3) is 0 Å². The van der Waals surface area contributed by atoms with E-state index in [-0.39, 0.29) is 15.7 Å². The first-order valence-electron chi connectivity index (χ1n) is 9.35. The molecule has 4 rings (SSSR count). The lowest BCUT2D eigenvalue weighted by Crippen LogP contribution is -2.31. The Labute approximate surface area is 188 Å². The quantitative estimate of drug-likeness (QED) is 0.610. The molecule has 1 aromatic carbocycles. The topological polar surface area (TPSA) is 104 Å². The molecule has 1 aliphatic rings. The minimum Gasteiger partial charge on any atom is -0.366 e. The van der Waals surface area contributed by atoms with E-state index < -0.39 is 11.9 Å². The van der Waals surface area contributed by atoms with Crippen molar-refractivity contribution in [2.75, 3.05) is 28.7 Å². The van der Waals surface area contributed by atoms with Crippen molar-refractivity contribution in [2.45, 2.75) is 6.42 Å². The normalized spacial score (nSPS) is 12.4. The number of primary amides is 1. The number of nitrogens with zero attached hydrogens (tertiary/aromatic N) is 4. The predicted molar refractivity (Wildman–Crippen MR) is 122 cm³/mol. The van der Waals surface area contributed by atoms with E-state index in [1.807, 2.05) is 11.0 Å². The predicted octanol–water partition coefficient (Wildman–Crippen LogP) is 4.24. The van der Waals surface area contributed by atoms with Gasteiger partial charge in [-0.3, -0.25) is 14.7 Å². The van der Waals surface area contributed by atoms with Crippen LogP contribution in [0.3, 0.4) is 0 Å². The largest absolute Gasteiger partial charge is 0.366 e. The lowest BCUT2D eigenvalue weighted by molar-refractivity contribution is 0.100. The molecule has 3 heterocycles. The molecule has 8 nitrogen and oxygen atoms in total. The molecule has 0 saturated carbocycles. The van der Waals surface area contributed by atoms with Crippen molar-refractivity contribution in [3.8, 4) is 0 Å². The highest BCUT2D eigenvalue weighted by Crippen LogP contribution is 2.35. The van der Waals surface area contributed by atoms with Crippen LogP contribution < -0.4 is 20.9 Å². The lowest BCUT2D eigenvalue weighted by atomic mass is 10.1. The van der Waals surface area contributed by atoms with E-state index >= 15 is 0 Å². The summed E-state index contributed by atoms with van der Waals surface area (Å²) in [6.45, 7) is 0.701. The molecule has 3 aromatic rings. The zero-order chi connectivity index (χ0) is 22.1. The number of benzene rings is 1. The lowest BCUT2D eigenvalue weighted by Gasteiger charge is -2.23. The molecule has 31 heavy (non-hydrogen) atoms. The second-order valence-corrected chi connectivity index (χ2v) is 7.76. The molecule has 0 unspecified atom stereocenters. The van der Waals surface area contributed by atoms with Crippen LogP contribution in [0.5, 0.6) is 0 Å². The highest BCUT2D eigenvalue weighted by molar-refractivity contribution is 6.39. The molecule has 0 saturated heterocycles. The Morgan fingerprint density at radius 1 is 1.16 bits per heavy atom. The molecule has 0 atom stereocenters. The van der Waals surface area contributed by atoms with Gasteiger partial charge in [0.15, 0.2) is 0 Å². The second kappa shape index (κ2) is 8.41. The Morgan fingerprint density at radius 2 is 1.90 bits per heavy atom. The van der Waals surface area contributed by atoms with Crippen LogP contribution in [0.25, 0.3) is 0 Å². The summed E-state index contributed by atoms with van der Waals surface area (Å²) in [7, 11) is 1.63. The van der Waals surface area contributed by atoms with Gasteiger partial charge in [-0.2, -0.15) is 0 Å². The molecule has 0 aliphatic carbocycles. The van der Waals surface area contributed by atoms with Crippen LogP contribution in [0.2, 0.25) is 10.0 Å². The fourth-order valence-electron chi connectivity index (χ4n) is 3.37. The first-order chi connectivity index (χ1) is 14.8. The van der Waals surface area contributed by atoms with Gasteiger partial charge >= 0.3 is 6.03 Å². The van der Waals surface area contributed by atoms with Gasteiger partial charge in [-0.25, -0.2) is 9.78 Å². The molecule has 2 aromatic heterocycles. The van der Waals surface area contributed by atoms with Crippen molar-refractivity contribution in [1.29, 1.82) is 0 Å². The van der Waals surface area contributed by atoms with Crippen LogP contribution in [-0.4, -0.2) is 35.5 Å². The fourth-order valence-corrected chi connectivity index (χ4v) is 3.83. The summed E-state index contributed by atoms with van der Waals surface area (Å²) in [5.74, 6) is 0.165. The van der Waals surface area contributed by atoms with Crippen LogP contribution in [0.1, 0.15) is 15.9 Å². The molecule has 0 fully saturated rings. The minimum atomic E-state index is -0.485. The van der Waals surface area contributed by atoms with E-state index in [1.54, 1.807) is 37.5 Å². The minimum absolute atomic E-state index is 0.239. The standard InChI is InChI=1S/C21H18Cl2N6O2/c1-28(21(31)27-19-15(22)10-25-11-16(19)23)14-4-6-26-18(9-14)29-7-5-12-2-3-13(20(24)30)8-17(12)29/h2-4,6,8-11H,5,7H2,1H3,(H2,24,30)(H,25,27,31). The number of hydrogen-bond acceptors (Lipinski definition) is 5. The van der Waals surface area contributed by atoms with E-state index in [0.717, 1.165) is 17.7 Å². The third-order valence-electron chi connectivity index (χ3n) is 5.05. The number of carbonyl (C=O) groups is 2. The molecule has 0 spiro atoms. The molecular formula is C21H18Cl2N6O2. The van der Waals surface area contributed by atoms with Crippen molar-refractivity contribution >= 4 is 58.0 Å². The van der Waals surface area contributed by atoms with Crippen molar-refractivity contribution < 1.29 is 9.59 Å². The number of halogens is 2. The zero-order valence-electron chi connectivity index (χ0n) is 16.5. The molecule has 0 bridgehead atoms. The van der Waals surface area contributed by atoms with Crippen LogP contribution in [-0.2, 0) is 6.42 Å². The number of amides is 3. The molecule has 0 radical (unpaired) electrons. The van der Waals surface area contributed by atoms with Crippen molar-refractivity contribution in [3.05, 3.63) is 70.1 Å². The number of rotatable bonds is 4. The van der Waals surface area contributed by atoms with Gasteiger partial charge < -0.3 is 16.0 Å². The van der Waals surface area contributed by atoms with Crippen molar-refractivity contribution in [3.63, 3.8) is 0 Å². The smallest absolute Gasteiger partial charge is 0.326 e. The van der Waals surface area contributed by atoms with Gasteiger partial charge in [0.2, 0.25) is 5.91 Å². The first kappa shape index (κ1) is 20.9. The van der Waals surface area contributed by atoms with E-state index in [1.165, 1.54) is 17.3 Å². The first-order valence-corrected chi connectivity index (χ1v) is 10.1. The monoisotopic (exact) mass is 456 g/mol. The van der Waals surface area contributed by atoms with Crippen LogP contribution in [0.4, 0.5) is 27.7 Å². The van der Waals surface area contributed by atoms with Gasteiger partial charge in [-0.1, -0.05) is 29.3 Å². The van der Waals surface area contributed by atoms with Gasteiger partial charge in [-0.15, -0.1) is 0 Å². The number of anilines is 4. The molecule has 3 amide bonds. The SMILES string of the molecule is CN(C(=O)Nc1c(Cl)cncc1Cl)c1ccnc(N2CCc3ccc(C(N)=O)cc32)c1. The van der Waals surface area contributed by atoms with Crippen LogP contribution in [0, 0.1) is 0 Å². The third-order valence-corrected chi connectivity index (χ3v) is 5.62. The highest BCUT2D eigenvalue weighted by Gasteiger charge is 2.24. The van der Waals surface area contributed by atoms with Crippen molar-refractivity contribution in [1.82, 2.24) is 9.97 Å². The number of fused-ring (bicyclic) bond motifs is 1. The average molecular weight is 457 g/mol. The summed E-state index contributed by atoms with van der Waals surface area (Å²) in [6.07, 6.45) is 5.24. The van der Waals surface area contributed by atoms with Crippen LogP contribution in [0.15, 0.2) is 48.9 Å². The van der Waals surface area contributed by atoms with Gasteiger partial charge in [-0.05, 0) is 30.2 Å². The Bertz CT molecular complexity index is 1170. The van der Waals surface area contributed by atoms with E-state index in [2.05, 4.69) is 15.3 Å². The van der Waals surface area contributed by atoms with Gasteiger partial charge in [0.05, 0.1) is 21.4 Å². The summed E-state index contributed by atoms with van der Waals surface area (Å²) < 4.78 is 0. The number of pyridine rings is 2. The van der Waals surface area contributed by atoms with E-state index in [9.17, 15) is 9.59 Å². The number of carbonyl (C=O) groups excluding carboxylic acids is 2. The number of aromatic nitrogens is 2. The number of nitrogens with two attached hydrogens (primary N) is 1. The molecule has 3 N–H and O–H groups in total. The third kappa shape index (κ3) is 4.12. The van der Waals surface area contributed by atoms with Gasteiger partial charge in [0.1, 0.15) is 5.82 Å². The number of nitrogens with one attached hydrogen (secondary N) is 1. The maximum Gasteiger partial charge on any atom is 0.326 e. The Morgan fingerprint density at radius 3 is 2.61 bits per heavy atom. The average Bonchev–Trinajstić information content (AvgIpc) is 3.19. The number of hydrogen-bond donors (Lipinski definition) is 2. The maximum absolute atomic E-state index is 12.8. The highest BCUT2D eigenvalue weighted by atomic mass is 35.5. The molecule has 158 valence electrons. The van der Waals surface area contributed by atoms with E-state index in [4.69, 9.17) is 28.9 Å². The summed E-state index contributed by atoms with van der Waals surface area (Å²) in [4.78, 5) is 36.1. The second-order valence-electron chi connectivity index (χ2n) is 6.95. The summed E-state index contributed by atoms with van der Waals surface area (Å²) in [6, 6.07) is 8.48. The maximum atomic E-state index is 12.8. The summed E-state index contributed by atoms with van der Waals surface area (Å²) in [5, 5.41) is 3.18. The van der Waals surface area contributed by atoms with Gasteiger partial charge in [0, 0.05) is 49.5 Å². The molecule has 1 aliphatic heterocycles. The number of urea groups is 1. The zero-order valence-corrected chi connectivity index (χ0v) is 18.0. The Kier molecular flexibility index (Phi) is 5.67. The fraction of sp³-hybridized carbons (Fsp3) is 0.143.